The fourth-order valence-electron chi connectivity index (χ4n) is 3.21. The third-order valence-corrected chi connectivity index (χ3v) is 5.22. The number of aromatic nitrogens is 3. The topological polar surface area (TPSA) is 30.7 Å². The summed E-state index contributed by atoms with van der Waals surface area (Å²) in [5.41, 5.74) is 3.22. The Morgan fingerprint density at radius 2 is 1.62 bits per heavy atom. The first-order chi connectivity index (χ1) is 11.7. The van der Waals surface area contributed by atoms with E-state index in [1.165, 1.54) is 19.3 Å². The van der Waals surface area contributed by atoms with E-state index >= 15 is 0 Å². The van der Waals surface area contributed by atoms with Crippen molar-refractivity contribution in [1.82, 2.24) is 14.8 Å². The maximum Gasteiger partial charge on any atom is 0.163 e. The molecule has 0 N–H and O–H groups in total. The average Bonchev–Trinajstić information content (AvgIpc) is 2.86. The second-order valence-electron chi connectivity index (χ2n) is 6.11. The molecule has 0 radical (unpaired) electrons. The van der Waals surface area contributed by atoms with E-state index < -0.39 is 0 Å². The van der Waals surface area contributed by atoms with Crippen molar-refractivity contribution >= 4 is 23.2 Å². The molecular formula is C19H17Cl2N3. The number of fused-ring (bicyclic) bond motifs is 1. The Kier molecular flexibility index (Phi) is 4.30. The Hall–Kier alpha value is -1.84. The van der Waals surface area contributed by atoms with Crippen molar-refractivity contribution in [3.05, 3.63) is 58.3 Å². The molecule has 122 valence electrons. The number of hydrogen-bond donors (Lipinski definition) is 0. The second kappa shape index (κ2) is 6.58. The van der Waals surface area contributed by atoms with Gasteiger partial charge >= 0.3 is 0 Å². The van der Waals surface area contributed by atoms with Gasteiger partial charge < -0.3 is 4.57 Å². The lowest BCUT2D eigenvalue weighted by Crippen LogP contribution is -2.02. The van der Waals surface area contributed by atoms with Gasteiger partial charge in [-0.1, -0.05) is 53.9 Å². The zero-order chi connectivity index (χ0) is 16.5. The highest BCUT2D eigenvalue weighted by molar-refractivity contribution is 6.42. The van der Waals surface area contributed by atoms with Crippen LogP contribution in [-0.2, 0) is 13.0 Å². The largest absolute Gasteiger partial charge is 0.311 e. The van der Waals surface area contributed by atoms with Crippen molar-refractivity contribution in [2.24, 2.45) is 0 Å². The normalized spacial score (nSPS) is 14.2. The Morgan fingerprint density at radius 1 is 0.792 bits per heavy atom. The molecule has 2 aromatic carbocycles. The number of halogens is 2. The molecule has 0 spiro atoms. The van der Waals surface area contributed by atoms with Crippen molar-refractivity contribution in [3.63, 3.8) is 0 Å². The molecule has 3 aromatic rings. The van der Waals surface area contributed by atoms with Gasteiger partial charge in [0.25, 0.3) is 0 Å². The molecule has 2 heterocycles. The molecule has 1 aliphatic heterocycles. The van der Waals surface area contributed by atoms with Crippen LogP contribution in [0.3, 0.4) is 0 Å². The summed E-state index contributed by atoms with van der Waals surface area (Å²) in [7, 11) is 0. The molecule has 5 heteroatoms. The van der Waals surface area contributed by atoms with Gasteiger partial charge in [0.2, 0.25) is 0 Å². The predicted molar refractivity (Wildman–Crippen MR) is 98.5 cm³/mol. The number of rotatable bonds is 2. The summed E-state index contributed by atoms with van der Waals surface area (Å²) in [6.07, 6.45) is 4.65. The molecule has 0 fully saturated rings. The van der Waals surface area contributed by atoms with Gasteiger partial charge in [-0.25, -0.2) is 0 Å². The quantitative estimate of drug-likeness (QED) is 0.593. The Balaban J connectivity index is 1.75. The first-order valence-electron chi connectivity index (χ1n) is 8.20. The van der Waals surface area contributed by atoms with E-state index in [1.807, 2.05) is 24.3 Å². The molecular weight excluding hydrogens is 341 g/mol. The van der Waals surface area contributed by atoms with Crippen molar-refractivity contribution < 1.29 is 0 Å². The maximum absolute atomic E-state index is 6.16. The van der Waals surface area contributed by atoms with Gasteiger partial charge in [0, 0.05) is 18.5 Å². The van der Waals surface area contributed by atoms with Gasteiger partial charge in [-0.2, -0.15) is 0 Å². The van der Waals surface area contributed by atoms with Crippen LogP contribution in [0.15, 0.2) is 42.5 Å². The van der Waals surface area contributed by atoms with Crippen LogP contribution in [0.5, 0.6) is 0 Å². The molecule has 1 aromatic heterocycles. The van der Waals surface area contributed by atoms with Gasteiger partial charge in [-0.15, -0.1) is 10.2 Å². The zero-order valence-corrected chi connectivity index (χ0v) is 14.7. The third-order valence-electron chi connectivity index (χ3n) is 4.48. The lowest BCUT2D eigenvalue weighted by atomic mass is 10.0. The van der Waals surface area contributed by atoms with E-state index in [0.29, 0.717) is 10.0 Å². The van der Waals surface area contributed by atoms with E-state index in [-0.39, 0.29) is 0 Å². The van der Waals surface area contributed by atoms with Gasteiger partial charge in [0.05, 0.1) is 10.0 Å². The number of aryl methyl sites for hydroxylation is 1. The minimum atomic E-state index is 0.566. The van der Waals surface area contributed by atoms with E-state index in [9.17, 15) is 0 Å². The summed E-state index contributed by atoms with van der Waals surface area (Å²) in [5.74, 6) is 2.05. The summed E-state index contributed by atoms with van der Waals surface area (Å²) >= 11 is 12.2. The fraction of sp³-hybridized carbons (Fsp3) is 0.263. The standard InChI is InChI=1S/C19H17Cl2N3/c20-16-9-8-14(12-17(16)21)13-5-4-6-15(11-13)19-23-22-18-7-2-1-3-10-24(18)19/h4-6,8-9,11-12H,1-3,7,10H2. The van der Waals surface area contributed by atoms with Gasteiger partial charge in [-0.05, 0) is 42.2 Å². The number of hydrogen-bond acceptors (Lipinski definition) is 2. The molecule has 0 atom stereocenters. The van der Waals surface area contributed by atoms with E-state index in [2.05, 4.69) is 33.0 Å². The van der Waals surface area contributed by atoms with Gasteiger partial charge in [0.15, 0.2) is 5.82 Å². The Labute approximate surface area is 151 Å². The lowest BCUT2D eigenvalue weighted by Gasteiger charge is -2.09. The van der Waals surface area contributed by atoms with Crippen molar-refractivity contribution in [1.29, 1.82) is 0 Å². The van der Waals surface area contributed by atoms with Crippen LogP contribution in [0.1, 0.15) is 25.1 Å². The molecule has 0 saturated heterocycles. The van der Waals surface area contributed by atoms with Crippen LogP contribution in [0.2, 0.25) is 10.0 Å². The van der Waals surface area contributed by atoms with Gasteiger partial charge in [0.1, 0.15) is 5.82 Å². The maximum atomic E-state index is 6.16. The monoisotopic (exact) mass is 357 g/mol. The molecule has 1 aliphatic rings. The van der Waals surface area contributed by atoms with Gasteiger partial charge in [-0.3, -0.25) is 0 Å². The predicted octanol–water partition coefficient (Wildman–Crippen LogP) is 5.65. The van der Waals surface area contributed by atoms with Crippen LogP contribution in [0, 0.1) is 0 Å². The van der Waals surface area contributed by atoms with Crippen LogP contribution >= 0.6 is 23.2 Å². The lowest BCUT2D eigenvalue weighted by molar-refractivity contribution is 0.636. The minimum absolute atomic E-state index is 0.566. The molecule has 24 heavy (non-hydrogen) atoms. The minimum Gasteiger partial charge on any atom is -0.311 e. The average molecular weight is 358 g/mol. The fourth-order valence-corrected chi connectivity index (χ4v) is 3.51. The van der Waals surface area contributed by atoms with Crippen molar-refractivity contribution in [2.75, 3.05) is 0 Å². The summed E-state index contributed by atoms with van der Waals surface area (Å²) in [6, 6.07) is 14.1. The van der Waals surface area contributed by atoms with Crippen LogP contribution < -0.4 is 0 Å². The molecule has 0 unspecified atom stereocenters. The molecule has 4 rings (SSSR count). The van der Waals surface area contributed by atoms with E-state index in [0.717, 1.165) is 41.3 Å². The summed E-state index contributed by atoms with van der Waals surface area (Å²) < 4.78 is 2.26. The molecule has 0 bridgehead atoms. The third kappa shape index (κ3) is 2.94. The highest BCUT2D eigenvalue weighted by Gasteiger charge is 2.16. The Bertz CT molecular complexity index is 886. The summed E-state index contributed by atoms with van der Waals surface area (Å²) in [5, 5.41) is 9.97. The van der Waals surface area contributed by atoms with Crippen LogP contribution in [0.4, 0.5) is 0 Å². The number of benzene rings is 2. The van der Waals surface area contributed by atoms with Crippen LogP contribution in [0.25, 0.3) is 22.5 Å². The first kappa shape index (κ1) is 15.7. The first-order valence-corrected chi connectivity index (χ1v) is 8.96. The van der Waals surface area contributed by atoms with E-state index in [4.69, 9.17) is 23.2 Å². The summed E-state index contributed by atoms with van der Waals surface area (Å²) in [4.78, 5) is 0. The Morgan fingerprint density at radius 3 is 2.50 bits per heavy atom. The zero-order valence-electron chi connectivity index (χ0n) is 13.2. The molecule has 0 amide bonds. The number of nitrogens with zero attached hydrogens (tertiary/aromatic N) is 3. The van der Waals surface area contributed by atoms with E-state index in [1.54, 1.807) is 0 Å². The highest BCUT2D eigenvalue weighted by Crippen LogP contribution is 2.31. The molecule has 3 nitrogen and oxygen atoms in total. The molecule has 0 aliphatic carbocycles. The van der Waals surface area contributed by atoms with Crippen LogP contribution in [-0.4, -0.2) is 14.8 Å². The SMILES string of the molecule is Clc1ccc(-c2cccc(-c3nnc4n3CCCCC4)c2)cc1Cl. The summed E-state index contributed by atoms with van der Waals surface area (Å²) in [6.45, 7) is 0.995. The highest BCUT2D eigenvalue weighted by atomic mass is 35.5. The van der Waals surface area contributed by atoms with Crippen molar-refractivity contribution in [3.8, 4) is 22.5 Å². The smallest absolute Gasteiger partial charge is 0.163 e. The second-order valence-corrected chi connectivity index (χ2v) is 6.93. The molecule has 0 saturated carbocycles. The van der Waals surface area contributed by atoms with Crippen molar-refractivity contribution in [2.45, 2.75) is 32.2 Å².